The Morgan fingerprint density at radius 3 is 2.43 bits per heavy atom. The van der Waals surface area contributed by atoms with Gasteiger partial charge in [0.2, 0.25) is 11.9 Å². The van der Waals surface area contributed by atoms with E-state index in [1.165, 1.54) is 0 Å². The normalized spacial score (nSPS) is 10.5. The molecule has 0 aliphatic rings. The van der Waals surface area contributed by atoms with Gasteiger partial charge in [0.1, 0.15) is 11.6 Å². The molecular formula is C14H26N6O. The molecule has 1 aromatic rings. The molecule has 21 heavy (non-hydrogen) atoms. The SMILES string of the molecule is CCCNc1cc(NCCC(=O)NCC(C)C)nc(N)n1. The van der Waals surface area contributed by atoms with Gasteiger partial charge in [-0.2, -0.15) is 9.97 Å². The lowest BCUT2D eigenvalue weighted by Crippen LogP contribution is -2.28. The predicted octanol–water partition coefficient (Wildman–Crippen LogP) is 1.45. The van der Waals surface area contributed by atoms with Crippen molar-refractivity contribution in [3.8, 4) is 0 Å². The van der Waals surface area contributed by atoms with E-state index in [1.807, 2.05) is 0 Å². The van der Waals surface area contributed by atoms with Crippen LogP contribution in [0, 0.1) is 5.92 Å². The highest BCUT2D eigenvalue weighted by molar-refractivity contribution is 5.76. The number of nitrogens with zero attached hydrogens (tertiary/aromatic N) is 2. The molecule has 1 rings (SSSR count). The first-order chi connectivity index (χ1) is 10.0. The van der Waals surface area contributed by atoms with Gasteiger partial charge in [-0.05, 0) is 12.3 Å². The number of anilines is 3. The fraction of sp³-hybridized carbons (Fsp3) is 0.643. The van der Waals surface area contributed by atoms with E-state index in [0.29, 0.717) is 37.1 Å². The molecule has 0 unspecified atom stereocenters. The molecule has 0 aliphatic heterocycles. The van der Waals surface area contributed by atoms with Crippen LogP contribution < -0.4 is 21.7 Å². The number of rotatable bonds is 9. The highest BCUT2D eigenvalue weighted by Gasteiger charge is 2.04. The van der Waals surface area contributed by atoms with Crippen molar-refractivity contribution in [1.82, 2.24) is 15.3 Å². The first-order valence-corrected chi connectivity index (χ1v) is 7.40. The van der Waals surface area contributed by atoms with Crippen molar-refractivity contribution in [2.24, 2.45) is 5.92 Å². The monoisotopic (exact) mass is 294 g/mol. The minimum atomic E-state index is 0.0301. The summed E-state index contributed by atoms with van der Waals surface area (Å²) < 4.78 is 0. The summed E-state index contributed by atoms with van der Waals surface area (Å²) >= 11 is 0. The number of nitrogen functional groups attached to an aromatic ring is 1. The predicted molar refractivity (Wildman–Crippen MR) is 86.2 cm³/mol. The Labute approximate surface area is 126 Å². The average Bonchev–Trinajstić information content (AvgIpc) is 2.42. The van der Waals surface area contributed by atoms with Gasteiger partial charge in [0.15, 0.2) is 0 Å². The number of carbonyl (C=O) groups is 1. The summed E-state index contributed by atoms with van der Waals surface area (Å²) in [7, 11) is 0. The number of nitrogens with one attached hydrogen (secondary N) is 3. The molecule has 0 aromatic carbocycles. The van der Waals surface area contributed by atoms with Crippen molar-refractivity contribution in [2.75, 3.05) is 36.0 Å². The van der Waals surface area contributed by atoms with Gasteiger partial charge in [0.05, 0.1) is 0 Å². The maximum Gasteiger partial charge on any atom is 0.223 e. The summed E-state index contributed by atoms with van der Waals surface area (Å²) in [4.78, 5) is 19.8. The number of nitrogens with two attached hydrogens (primary N) is 1. The Morgan fingerprint density at radius 2 is 1.86 bits per heavy atom. The van der Waals surface area contributed by atoms with Crippen LogP contribution in [-0.2, 0) is 4.79 Å². The third-order valence-corrected chi connectivity index (χ3v) is 2.67. The Bertz CT molecular complexity index is 449. The van der Waals surface area contributed by atoms with E-state index in [1.54, 1.807) is 6.07 Å². The Balaban J connectivity index is 2.40. The third-order valence-electron chi connectivity index (χ3n) is 2.67. The molecule has 0 radical (unpaired) electrons. The van der Waals surface area contributed by atoms with Crippen LogP contribution in [-0.4, -0.2) is 35.5 Å². The van der Waals surface area contributed by atoms with Gasteiger partial charge < -0.3 is 21.7 Å². The number of hydrogen-bond acceptors (Lipinski definition) is 6. The van der Waals surface area contributed by atoms with Crippen LogP contribution in [0.3, 0.4) is 0 Å². The number of hydrogen-bond donors (Lipinski definition) is 4. The van der Waals surface area contributed by atoms with Crippen molar-refractivity contribution in [3.05, 3.63) is 6.07 Å². The second-order valence-electron chi connectivity index (χ2n) is 5.30. The lowest BCUT2D eigenvalue weighted by molar-refractivity contribution is -0.120. The van der Waals surface area contributed by atoms with Crippen LogP contribution >= 0.6 is 0 Å². The summed E-state index contributed by atoms with van der Waals surface area (Å²) in [5.74, 6) is 2.01. The topological polar surface area (TPSA) is 105 Å². The molecular weight excluding hydrogens is 268 g/mol. The van der Waals surface area contributed by atoms with Gasteiger partial charge in [-0.15, -0.1) is 0 Å². The van der Waals surface area contributed by atoms with Gasteiger partial charge in [0.25, 0.3) is 0 Å². The van der Waals surface area contributed by atoms with Crippen LogP contribution in [0.5, 0.6) is 0 Å². The Kier molecular flexibility index (Phi) is 7.28. The zero-order valence-corrected chi connectivity index (χ0v) is 13.1. The van der Waals surface area contributed by atoms with Gasteiger partial charge in [-0.1, -0.05) is 20.8 Å². The van der Waals surface area contributed by atoms with E-state index in [4.69, 9.17) is 5.73 Å². The highest BCUT2D eigenvalue weighted by atomic mass is 16.1. The zero-order valence-electron chi connectivity index (χ0n) is 13.1. The van der Waals surface area contributed by atoms with Crippen LogP contribution in [0.15, 0.2) is 6.07 Å². The molecule has 7 nitrogen and oxygen atoms in total. The zero-order chi connectivity index (χ0) is 15.7. The first-order valence-electron chi connectivity index (χ1n) is 7.40. The standard InChI is InChI=1S/C14H26N6O/c1-4-6-16-11-8-12(20-14(15)19-11)17-7-5-13(21)18-9-10(2)3/h8,10H,4-7,9H2,1-3H3,(H,18,21)(H4,15,16,17,19,20). The second kappa shape index (κ2) is 8.99. The summed E-state index contributed by atoms with van der Waals surface area (Å²) in [5, 5.41) is 9.12. The van der Waals surface area contributed by atoms with Crippen LogP contribution in [0.1, 0.15) is 33.6 Å². The van der Waals surface area contributed by atoms with Gasteiger partial charge in [-0.25, -0.2) is 0 Å². The van der Waals surface area contributed by atoms with Crippen LogP contribution in [0.25, 0.3) is 0 Å². The number of aromatic nitrogens is 2. The van der Waals surface area contributed by atoms with E-state index < -0.39 is 0 Å². The average molecular weight is 294 g/mol. The molecule has 0 saturated heterocycles. The summed E-state index contributed by atoms with van der Waals surface area (Å²) in [6.45, 7) is 8.23. The maximum atomic E-state index is 11.6. The van der Waals surface area contributed by atoms with Gasteiger partial charge in [-0.3, -0.25) is 4.79 Å². The van der Waals surface area contributed by atoms with Gasteiger partial charge >= 0.3 is 0 Å². The smallest absolute Gasteiger partial charge is 0.223 e. The molecule has 0 aliphatic carbocycles. The molecule has 7 heteroatoms. The minimum absolute atomic E-state index is 0.0301. The van der Waals surface area contributed by atoms with Crippen LogP contribution in [0.2, 0.25) is 0 Å². The molecule has 0 saturated carbocycles. The number of amides is 1. The summed E-state index contributed by atoms with van der Waals surface area (Å²) in [6, 6.07) is 1.79. The Morgan fingerprint density at radius 1 is 1.24 bits per heavy atom. The van der Waals surface area contributed by atoms with E-state index in [-0.39, 0.29) is 11.9 Å². The molecule has 118 valence electrons. The minimum Gasteiger partial charge on any atom is -0.370 e. The molecule has 0 bridgehead atoms. The first kappa shape index (κ1) is 17.0. The van der Waals surface area contributed by atoms with E-state index in [0.717, 1.165) is 13.0 Å². The van der Waals surface area contributed by atoms with Crippen molar-refractivity contribution in [3.63, 3.8) is 0 Å². The fourth-order valence-corrected chi connectivity index (χ4v) is 1.61. The maximum absolute atomic E-state index is 11.6. The molecule has 1 heterocycles. The molecule has 1 aromatic heterocycles. The second-order valence-corrected chi connectivity index (χ2v) is 5.30. The van der Waals surface area contributed by atoms with E-state index >= 15 is 0 Å². The molecule has 0 spiro atoms. The van der Waals surface area contributed by atoms with Gasteiger partial charge in [0, 0.05) is 32.1 Å². The quantitative estimate of drug-likeness (QED) is 0.549. The van der Waals surface area contributed by atoms with Crippen molar-refractivity contribution < 1.29 is 4.79 Å². The summed E-state index contributed by atoms with van der Waals surface area (Å²) in [6.07, 6.45) is 1.40. The van der Waals surface area contributed by atoms with Crippen molar-refractivity contribution in [1.29, 1.82) is 0 Å². The largest absolute Gasteiger partial charge is 0.370 e. The fourth-order valence-electron chi connectivity index (χ4n) is 1.61. The molecule has 0 atom stereocenters. The summed E-state index contributed by atoms with van der Waals surface area (Å²) in [5.41, 5.74) is 5.66. The van der Waals surface area contributed by atoms with Crippen molar-refractivity contribution >= 4 is 23.5 Å². The lowest BCUT2D eigenvalue weighted by atomic mass is 10.2. The number of carbonyl (C=O) groups excluding carboxylic acids is 1. The third kappa shape index (κ3) is 7.34. The van der Waals surface area contributed by atoms with Crippen LogP contribution in [0.4, 0.5) is 17.6 Å². The lowest BCUT2D eigenvalue weighted by Gasteiger charge is -2.10. The molecule has 0 fully saturated rings. The Hall–Kier alpha value is -2.05. The molecule has 5 N–H and O–H groups in total. The van der Waals surface area contributed by atoms with E-state index in [9.17, 15) is 4.79 Å². The van der Waals surface area contributed by atoms with Crippen molar-refractivity contribution in [2.45, 2.75) is 33.6 Å². The molecule has 1 amide bonds. The van der Waals surface area contributed by atoms with E-state index in [2.05, 4.69) is 46.7 Å². The highest BCUT2D eigenvalue weighted by Crippen LogP contribution is 2.12.